The van der Waals surface area contributed by atoms with Crippen molar-refractivity contribution in [3.8, 4) is 22.6 Å². The highest BCUT2D eigenvalue weighted by atomic mass is 16.7. The number of benzene rings is 2. The zero-order valence-corrected chi connectivity index (χ0v) is 18.1. The molecule has 1 fully saturated rings. The lowest BCUT2D eigenvalue weighted by Crippen LogP contribution is -2.28. The number of ether oxygens (including phenoxy) is 2. The molecule has 5 heteroatoms. The molecule has 1 aromatic heterocycles. The van der Waals surface area contributed by atoms with Gasteiger partial charge < -0.3 is 14.8 Å². The predicted molar refractivity (Wildman–Crippen MR) is 121 cm³/mol. The second-order valence-electron chi connectivity index (χ2n) is 8.77. The molecule has 0 saturated heterocycles. The highest BCUT2D eigenvalue weighted by molar-refractivity contribution is 6.01. The summed E-state index contributed by atoms with van der Waals surface area (Å²) in [5.41, 5.74) is 5.06. The van der Waals surface area contributed by atoms with Gasteiger partial charge in [0.25, 0.3) is 0 Å². The molecule has 158 valence electrons. The second kappa shape index (κ2) is 7.41. The monoisotopic (exact) mass is 414 g/mol. The highest BCUT2D eigenvalue weighted by Crippen LogP contribution is 2.51. The fourth-order valence-corrected chi connectivity index (χ4v) is 4.19. The molecule has 2 aliphatic rings. The fraction of sp³-hybridized carbons (Fsp3) is 0.308. The number of hydrogen-bond donors (Lipinski definition) is 1. The maximum atomic E-state index is 13.2. The van der Waals surface area contributed by atoms with E-state index < -0.39 is 5.41 Å². The molecule has 31 heavy (non-hydrogen) atoms. The maximum Gasteiger partial charge on any atom is 0.236 e. The lowest BCUT2D eigenvalue weighted by atomic mass is 9.94. The molecule has 0 bridgehead atoms. The summed E-state index contributed by atoms with van der Waals surface area (Å²) in [6, 6.07) is 16.3. The number of carbonyl (C=O) groups is 1. The molecule has 1 N–H and O–H groups in total. The number of nitrogens with zero attached hydrogens (tertiary/aromatic N) is 1. The van der Waals surface area contributed by atoms with Crippen LogP contribution in [0.4, 0.5) is 5.82 Å². The van der Waals surface area contributed by atoms with Crippen LogP contribution in [0.5, 0.6) is 11.5 Å². The van der Waals surface area contributed by atoms with Crippen LogP contribution in [-0.4, -0.2) is 17.7 Å². The Morgan fingerprint density at radius 2 is 1.87 bits per heavy atom. The molecule has 5 nitrogen and oxygen atoms in total. The van der Waals surface area contributed by atoms with Crippen LogP contribution in [0.15, 0.2) is 54.7 Å². The van der Waals surface area contributed by atoms with Gasteiger partial charge in [-0.25, -0.2) is 4.98 Å². The minimum absolute atomic E-state index is 0.0205. The van der Waals surface area contributed by atoms with Crippen molar-refractivity contribution in [2.75, 3.05) is 12.1 Å². The lowest BCUT2D eigenvalue weighted by molar-refractivity contribution is -0.118. The molecule has 0 unspecified atom stereocenters. The first-order valence-electron chi connectivity index (χ1n) is 10.7. The van der Waals surface area contributed by atoms with E-state index in [0.717, 1.165) is 40.8 Å². The number of fused-ring (bicyclic) bond motifs is 1. The Morgan fingerprint density at radius 1 is 1.06 bits per heavy atom. The summed E-state index contributed by atoms with van der Waals surface area (Å²) < 4.78 is 10.9. The van der Waals surface area contributed by atoms with Crippen molar-refractivity contribution in [3.63, 3.8) is 0 Å². The summed E-state index contributed by atoms with van der Waals surface area (Å²) in [6.07, 6.45) is 3.49. The van der Waals surface area contributed by atoms with E-state index in [4.69, 9.17) is 9.47 Å². The Balaban J connectivity index is 1.36. The van der Waals surface area contributed by atoms with Crippen LogP contribution < -0.4 is 14.8 Å². The third kappa shape index (κ3) is 3.54. The Labute approximate surface area is 182 Å². The smallest absolute Gasteiger partial charge is 0.236 e. The van der Waals surface area contributed by atoms with Gasteiger partial charge >= 0.3 is 0 Å². The van der Waals surface area contributed by atoms with Crippen molar-refractivity contribution >= 4 is 11.7 Å². The van der Waals surface area contributed by atoms with Crippen LogP contribution >= 0.6 is 0 Å². The number of aromatic nitrogens is 1. The molecule has 5 rings (SSSR count). The summed E-state index contributed by atoms with van der Waals surface area (Å²) in [4.78, 5) is 17.7. The highest BCUT2D eigenvalue weighted by Gasteiger charge is 2.51. The molecule has 0 atom stereocenters. The summed E-state index contributed by atoms with van der Waals surface area (Å²) >= 11 is 0. The molecule has 1 saturated carbocycles. The number of pyridine rings is 1. The Morgan fingerprint density at radius 3 is 2.61 bits per heavy atom. The van der Waals surface area contributed by atoms with Crippen LogP contribution in [0.1, 0.15) is 49.3 Å². The van der Waals surface area contributed by atoms with E-state index in [-0.39, 0.29) is 12.7 Å². The maximum absolute atomic E-state index is 13.2. The van der Waals surface area contributed by atoms with Gasteiger partial charge in [-0.3, -0.25) is 4.79 Å². The number of nitrogens with one attached hydrogen (secondary N) is 1. The quantitative estimate of drug-likeness (QED) is 0.592. The van der Waals surface area contributed by atoms with Gasteiger partial charge in [-0.15, -0.1) is 0 Å². The van der Waals surface area contributed by atoms with Crippen LogP contribution in [0.2, 0.25) is 0 Å². The zero-order chi connectivity index (χ0) is 21.6. The number of hydrogen-bond acceptors (Lipinski definition) is 4. The zero-order valence-electron chi connectivity index (χ0n) is 18.1. The number of rotatable bonds is 5. The van der Waals surface area contributed by atoms with Gasteiger partial charge in [0.2, 0.25) is 12.7 Å². The first-order chi connectivity index (χ1) is 15.0. The third-order valence-corrected chi connectivity index (χ3v) is 6.33. The largest absolute Gasteiger partial charge is 0.454 e. The summed E-state index contributed by atoms with van der Waals surface area (Å²) in [7, 11) is 0. The van der Waals surface area contributed by atoms with E-state index in [1.165, 1.54) is 5.56 Å². The van der Waals surface area contributed by atoms with Crippen molar-refractivity contribution in [1.29, 1.82) is 0 Å². The molecular formula is C26H26N2O3. The Bertz CT molecular complexity index is 1170. The van der Waals surface area contributed by atoms with Gasteiger partial charge in [0, 0.05) is 11.8 Å². The average molecular weight is 415 g/mol. The summed E-state index contributed by atoms with van der Waals surface area (Å²) in [6.45, 7) is 6.67. The van der Waals surface area contributed by atoms with Crippen LogP contribution in [-0.2, 0) is 10.2 Å². The molecule has 0 spiro atoms. The van der Waals surface area contributed by atoms with Crippen LogP contribution in [0.3, 0.4) is 0 Å². The topological polar surface area (TPSA) is 60.5 Å². The van der Waals surface area contributed by atoms with E-state index in [2.05, 4.69) is 55.3 Å². The van der Waals surface area contributed by atoms with Crippen molar-refractivity contribution < 1.29 is 14.3 Å². The molecular weight excluding hydrogens is 388 g/mol. The number of carbonyl (C=O) groups excluding carboxylic acids is 1. The minimum Gasteiger partial charge on any atom is -0.454 e. The van der Waals surface area contributed by atoms with Gasteiger partial charge in [0.15, 0.2) is 11.5 Å². The second-order valence-corrected chi connectivity index (χ2v) is 8.77. The van der Waals surface area contributed by atoms with Crippen molar-refractivity contribution in [3.05, 3.63) is 71.4 Å². The molecule has 2 heterocycles. The van der Waals surface area contributed by atoms with Crippen LogP contribution in [0.25, 0.3) is 11.1 Å². The van der Waals surface area contributed by atoms with Crippen molar-refractivity contribution in [2.45, 2.75) is 44.9 Å². The van der Waals surface area contributed by atoms with E-state index in [9.17, 15) is 4.79 Å². The van der Waals surface area contributed by atoms with E-state index in [1.807, 2.05) is 30.5 Å². The average Bonchev–Trinajstić information content (AvgIpc) is 3.45. The van der Waals surface area contributed by atoms with Crippen LogP contribution in [0, 0.1) is 6.92 Å². The minimum atomic E-state index is -0.513. The Hall–Kier alpha value is -3.34. The first kappa shape index (κ1) is 19.6. The van der Waals surface area contributed by atoms with Crippen molar-refractivity contribution in [2.24, 2.45) is 0 Å². The third-order valence-electron chi connectivity index (χ3n) is 6.33. The molecule has 0 radical (unpaired) electrons. The summed E-state index contributed by atoms with van der Waals surface area (Å²) in [5.74, 6) is 2.47. The number of anilines is 1. The standard InChI is InChI=1S/C26H26N2O3/c1-16(2)18-5-4-6-19(12-18)21-14-27-24(11-17(21)3)28-25(29)26(9-10-26)20-7-8-22-23(13-20)31-15-30-22/h4-8,11-14,16H,9-10,15H2,1-3H3,(H,27,28,29). The van der Waals surface area contributed by atoms with Gasteiger partial charge in [-0.2, -0.15) is 0 Å². The van der Waals surface area contributed by atoms with Gasteiger partial charge in [0.05, 0.1) is 5.41 Å². The molecule has 3 aromatic rings. The number of amides is 1. The molecule has 2 aromatic carbocycles. The van der Waals surface area contributed by atoms with Gasteiger partial charge in [-0.1, -0.05) is 44.2 Å². The fourth-order valence-electron chi connectivity index (χ4n) is 4.19. The predicted octanol–water partition coefficient (Wildman–Crippen LogP) is 5.58. The number of aryl methyl sites for hydroxylation is 1. The normalized spacial score (nSPS) is 15.7. The molecule has 1 aliphatic heterocycles. The van der Waals surface area contributed by atoms with E-state index in [1.54, 1.807) is 0 Å². The van der Waals surface area contributed by atoms with Crippen molar-refractivity contribution in [1.82, 2.24) is 4.98 Å². The first-order valence-corrected chi connectivity index (χ1v) is 10.7. The van der Waals surface area contributed by atoms with E-state index >= 15 is 0 Å². The molecule has 1 amide bonds. The van der Waals surface area contributed by atoms with Gasteiger partial charge in [-0.05, 0) is 66.1 Å². The lowest BCUT2D eigenvalue weighted by Gasteiger charge is -2.17. The summed E-state index contributed by atoms with van der Waals surface area (Å²) in [5, 5.41) is 3.04. The SMILES string of the molecule is Cc1cc(NC(=O)C2(c3ccc4c(c3)OCO4)CC2)ncc1-c1cccc(C(C)C)c1. The van der Waals surface area contributed by atoms with E-state index in [0.29, 0.717) is 17.5 Å². The Kier molecular flexibility index (Phi) is 4.69. The van der Waals surface area contributed by atoms with Gasteiger partial charge in [0.1, 0.15) is 5.82 Å². The molecule has 1 aliphatic carbocycles.